The molecule has 1 atom stereocenters. The van der Waals surface area contributed by atoms with Crippen LogP contribution in [-0.4, -0.2) is 71.9 Å². The van der Waals surface area contributed by atoms with Gasteiger partial charge in [-0.05, 0) is 31.6 Å². The maximum absolute atomic E-state index is 12.7. The van der Waals surface area contributed by atoms with Gasteiger partial charge >= 0.3 is 0 Å². The fourth-order valence-corrected chi connectivity index (χ4v) is 4.90. The minimum absolute atomic E-state index is 0. The molecule has 144 valence electrons. The molecule has 3 rings (SSSR count). The lowest BCUT2D eigenvalue weighted by atomic mass is 9.92. The smallest absolute Gasteiger partial charge is 0.225 e. The molecule has 3 fully saturated rings. The molecule has 2 amide bonds. The van der Waals surface area contributed by atoms with Crippen LogP contribution in [0, 0.1) is 11.8 Å². The van der Waals surface area contributed by atoms with Gasteiger partial charge in [-0.2, -0.15) is 11.8 Å². The van der Waals surface area contributed by atoms with E-state index in [9.17, 15) is 9.59 Å². The van der Waals surface area contributed by atoms with Crippen molar-refractivity contribution in [1.29, 1.82) is 0 Å². The average molecular weight is 390 g/mol. The highest BCUT2D eigenvalue weighted by atomic mass is 35.5. The van der Waals surface area contributed by atoms with Gasteiger partial charge in [-0.3, -0.25) is 9.59 Å². The average Bonchev–Trinajstić information content (AvgIpc) is 2.63. The van der Waals surface area contributed by atoms with Crippen LogP contribution in [0.4, 0.5) is 0 Å². The molecule has 25 heavy (non-hydrogen) atoms. The van der Waals surface area contributed by atoms with E-state index in [1.165, 1.54) is 0 Å². The largest absolute Gasteiger partial charge is 0.343 e. The van der Waals surface area contributed by atoms with Gasteiger partial charge in [0.25, 0.3) is 0 Å². The van der Waals surface area contributed by atoms with Crippen LogP contribution in [0.3, 0.4) is 0 Å². The Morgan fingerprint density at radius 2 is 1.68 bits per heavy atom. The third-order valence-electron chi connectivity index (χ3n) is 5.71. The van der Waals surface area contributed by atoms with Crippen LogP contribution >= 0.6 is 24.2 Å². The van der Waals surface area contributed by atoms with Gasteiger partial charge in [0, 0.05) is 62.6 Å². The summed E-state index contributed by atoms with van der Waals surface area (Å²) in [4.78, 5) is 29.2. The van der Waals surface area contributed by atoms with Crippen molar-refractivity contribution in [1.82, 2.24) is 15.1 Å². The number of nitrogens with one attached hydrogen (secondary N) is 1. The highest BCUT2D eigenvalue weighted by Gasteiger charge is 2.32. The van der Waals surface area contributed by atoms with E-state index in [-0.39, 0.29) is 24.2 Å². The molecule has 0 radical (unpaired) electrons. The molecule has 0 spiro atoms. The Balaban J connectivity index is 0.00000225. The highest BCUT2D eigenvalue weighted by Crippen LogP contribution is 2.24. The minimum atomic E-state index is 0. The van der Waals surface area contributed by atoms with Crippen molar-refractivity contribution >= 4 is 36.0 Å². The maximum Gasteiger partial charge on any atom is 0.225 e. The lowest BCUT2D eigenvalue weighted by Crippen LogP contribution is -2.48. The van der Waals surface area contributed by atoms with Gasteiger partial charge < -0.3 is 15.1 Å². The molecule has 7 heteroatoms. The number of carbonyl (C=O) groups excluding carboxylic acids is 2. The lowest BCUT2D eigenvalue weighted by Gasteiger charge is -2.37. The van der Waals surface area contributed by atoms with Gasteiger partial charge in [-0.25, -0.2) is 0 Å². The quantitative estimate of drug-likeness (QED) is 0.802. The van der Waals surface area contributed by atoms with Crippen LogP contribution in [-0.2, 0) is 9.59 Å². The zero-order valence-corrected chi connectivity index (χ0v) is 16.9. The molecule has 0 aromatic carbocycles. The van der Waals surface area contributed by atoms with Crippen LogP contribution in [0.1, 0.15) is 39.0 Å². The van der Waals surface area contributed by atoms with Gasteiger partial charge in [-0.15, -0.1) is 12.4 Å². The number of carbonyl (C=O) groups is 2. The molecule has 0 bridgehead atoms. The Morgan fingerprint density at radius 1 is 1.04 bits per heavy atom. The number of piperidine rings is 2. The van der Waals surface area contributed by atoms with Crippen molar-refractivity contribution in [2.24, 2.45) is 11.8 Å². The summed E-state index contributed by atoms with van der Waals surface area (Å²) < 4.78 is 0. The summed E-state index contributed by atoms with van der Waals surface area (Å²) in [5, 5.41) is 3.43. The summed E-state index contributed by atoms with van der Waals surface area (Å²) in [6.45, 7) is 6.62. The van der Waals surface area contributed by atoms with Crippen LogP contribution in [0.15, 0.2) is 0 Å². The fourth-order valence-electron chi connectivity index (χ4n) is 3.95. The predicted molar refractivity (Wildman–Crippen MR) is 105 cm³/mol. The molecule has 0 aliphatic carbocycles. The van der Waals surface area contributed by atoms with E-state index in [0.29, 0.717) is 18.4 Å². The van der Waals surface area contributed by atoms with Crippen LogP contribution in [0.25, 0.3) is 0 Å². The number of nitrogens with zero attached hydrogens (tertiary/aromatic N) is 2. The molecule has 3 heterocycles. The number of halogens is 1. The fraction of sp³-hybridized carbons (Fsp3) is 0.889. The second-order valence-corrected chi connectivity index (χ2v) is 8.74. The lowest BCUT2D eigenvalue weighted by molar-refractivity contribution is -0.141. The summed E-state index contributed by atoms with van der Waals surface area (Å²) in [7, 11) is 0. The second kappa shape index (κ2) is 10.0. The van der Waals surface area contributed by atoms with E-state index < -0.39 is 0 Å². The molecule has 1 N–H and O–H groups in total. The predicted octanol–water partition coefficient (Wildman–Crippen LogP) is 2.00. The Labute approximate surface area is 162 Å². The Bertz CT molecular complexity index is 444. The SMILES string of the molecule is CC1CCN(C(=O)C2CCN(C(=O)CC3CSCCN3)CC2)CC1.Cl. The molecule has 0 aromatic rings. The standard InChI is InChI=1S/C18H31N3O2S.ClH/c1-14-2-7-21(8-3-14)18(23)15-4-9-20(10-5-15)17(22)12-16-13-24-11-6-19-16;/h14-16,19H,2-13H2,1H3;1H. The highest BCUT2D eigenvalue weighted by molar-refractivity contribution is 7.99. The molecule has 3 aliphatic heterocycles. The second-order valence-electron chi connectivity index (χ2n) is 7.59. The van der Waals surface area contributed by atoms with Gasteiger partial charge in [-0.1, -0.05) is 6.92 Å². The molecular formula is C18H32ClN3O2S. The van der Waals surface area contributed by atoms with Gasteiger partial charge in [0.15, 0.2) is 0 Å². The first-order valence-electron chi connectivity index (χ1n) is 9.51. The van der Waals surface area contributed by atoms with Crippen LogP contribution in [0.2, 0.25) is 0 Å². The normalized spacial score (nSPS) is 26.2. The molecule has 3 saturated heterocycles. The molecular weight excluding hydrogens is 358 g/mol. The Hall–Kier alpha value is -0.460. The molecule has 0 aromatic heterocycles. The minimum Gasteiger partial charge on any atom is -0.343 e. The summed E-state index contributed by atoms with van der Waals surface area (Å²) in [6.07, 6.45) is 4.55. The molecule has 0 saturated carbocycles. The first-order valence-corrected chi connectivity index (χ1v) is 10.7. The molecule has 1 unspecified atom stereocenters. The summed E-state index contributed by atoms with van der Waals surface area (Å²) in [5.41, 5.74) is 0. The van der Waals surface area contributed by atoms with Crippen molar-refractivity contribution in [3.8, 4) is 0 Å². The van der Waals surface area contributed by atoms with E-state index in [0.717, 1.165) is 75.8 Å². The number of thioether (sulfide) groups is 1. The number of likely N-dealkylation sites (tertiary alicyclic amines) is 2. The molecule has 3 aliphatic rings. The van der Waals surface area contributed by atoms with Crippen molar-refractivity contribution in [2.75, 3.05) is 44.2 Å². The van der Waals surface area contributed by atoms with E-state index in [2.05, 4.69) is 17.1 Å². The number of hydrogen-bond acceptors (Lipinski definition) is 4. The summed E-state index contributed by atoms with van der Waals surface area (Å²) in [5.74, 6) is 3.65. The molecule has 5 nitrogen and oxygen atoms in total. The first-order chi connectivity index (χ1) is 11.6. The summed E-state index contributed by atoms with van der Waals surface area (Å²) in [6, 6.07) is 0.325. The van der Waals surface area contributed by atoms with Crippen LogP contribution in [0.5, 0.6) is 0 Å². The third kappa shape index (κ3) is 5.76. The topological polar surface area (TPSA) is 52.7 Å². The Morgan fingerprint density at radius 3 is 2.28 bits per heavy atom. The zero-order valence-electron chi connectivity index (χ0n) is 15.2. The van der Waals surface area contributed by atoms with E-state index >= 15 is 0 Å². The van der Waals surface area contributed by atoms with Crippen molar-refractivity contribution < 1.29 is 9.59 Å². The van der Waals surface area contributed by atoms with Gasteiger partial charge in [0.1, 0.15) is 0 Å². The number of amides is 2. The van der Waals surface area contributed by atoms with E-state index in [1.54, 1.807) is 0 Å². The van der Waals surface area contributed by atoms with Gasteiger partial charge in [0.2, 0.25) is 11.8 Å². The Kier molecular flexibility index (Phi) is 8.36. The summed E-state index contributed by atoms with van der Waals surface area (Å²) >= 11 is 1.93. The maximum atomic E-state index is 12.7. The van der Waals surface area contributed by atoms with E-state index in [4.69, 9.17) is 0 Å². The third-order valence-corrected chi connectivity index (χ3v) is 6.84. The van der Waals surface area contributed by atoms with Crippen LogP contribution < -0.4 is 5.32 Å². The van der Waals surface area contributed by atoms with Gasteiger partial charge in [0.05, 0.1) is 0 Å². The first kappa shape index (κ1) is 20.8. The van der Waals surface area contributed by atoms with Crippen molar-refractivity contribution in [3.63, 3.8) is 0 Å². The zero-order chi connectivity index (χ0) is 16.9. The van der Waals surface area contributed by atoms with Crippen molar-refractivity contribution in [3.05, 3.63) is 0 Å². The monoisotopic (exact) mass is 389 g/mol. The van der Waals surface area contributed by atoms with Crippen molar-refractivity contribution in [2.45, 2.75) is 45.1 Å². The number of rotatable bonds is 3. The number of hydrogen-bond donors (Lipinski definition) is 1. The van der Waals surface area contributed by atoms with E-state index in [1.807, 2.05) is 16.7 Å².